The Morgan fingerprint density at radius 3 is 2.71 bits per heavy atom. The second kappa shape index (κ2) is 3.45. The van der Waals surface area contributed by atoms with Crippen LogP contribution in [0.25, 0.3) is 12.2 Å². The van der Waals surface area contributed by atoms with Gasteiger partial charge < -0.3 is 4.42 Å². The van der Waals surface area contributed by atoms with Crippen molar-refractivity contribution in [1.82, 2.24) is 4.98 Å². The normalized spacial score (nSPS) is 19.9. The fourth-order valence-corrected chi connectivity index (χ4v) is 1.39. The Hall–Kier alpha value is -1.31. The van der Waals surface area contributed by atoms with Crippen LogP contribution in [0.5, 0.6) is 0 Å². The van der Waals surface area contributed by atoms with E-state index in [1.165, 1.54) is 0 Å². The van der Waals surface area contributed by atoms with Gasteiger partial charge in [-0.3, -0.25) is 0 Å². The molecular weight excluding hydrogens is 174 g/mol. The number of aromatic nitrogens is 1. The van der Waals surface area contributed by atoms with Gasteiger partial charge in [0.1, 0.15) is 5.69 Å². The molecule has 1 aromatic rings. The van der Waals surface area contributed by atoms with Crippen molar-refractivity contribution in [2.75, 3.05) is 0 Å². The van der Waals surface area contributed by atoms with Crippen molar-refractivity contribution in [2.24, 2.45) is 5.92 Å². The van der Waals surface area contributed by atoms with E-state index in [9.17, 15) is 0 Å². The monoisotopic (exact) mass is 189 g/mol. The summed E-state index contributed by atoms with van der Waals surface area (Å²) in [7, 11) is 0. The van der Waals surface area contributed by atoms with E-state index in [0.717, 1.165) is 17.3 Å². The quantitative estimate of drug-likeness (QED) is 0.676. The molecule has 14 heavy (non-hydrogen) atoms. The summed E-state index contributed by atoms with van der Waals surface area (Å²) in [5.41, 5.74) is 0.953. The highest BCUT2D eigenvalue weighted by molar-refractivity contribution is 5.61. The van der Waals surface area contributed by atoms with Gasteiger partial charge in [-0.1, -0.05) is 32.9 Å². The van der Waals surface area contributed by atoms with E-state index in [2.05, 4.69) is 37.9 Å². The highest BCUT2D eigenvalue weighted by atomic mass is 16.4. The average Bonchev–Trinajstić information content (AvgIpc) is 2.48. The minimum atomic E-state index is 0.348. The summed E-state index contributed by atoms with van der Waals surface area (Å²) >= 11 is 0. The predicted octanol–water partition coefficient (Wildman–Crippen LogP) is 3.47. The van der Waals surface area contributed by atoms with Crippen molar-refractivity contribution in [2.45, 2.75) is 26.7 Å². The van der Waals surface area contributed by atoms with Gasteiger partial charge in [0.15, 0.2) is 11.7 Å². The van der Waals surface area contributed by atoms with E-state index in [1.54, 1.807) is 0 Å². The van der Waals surface area contributed by atoms with Gasteiger partial charge in [0.25, 0.3) is 0 Å². The Bertz CT molecular complexity index is 354. The Balaban J connectivity index is 2.41. The highest BCUT2D eigenvalue weighted by Crippen LogP contribution is 2.23. The van der Waals surface area contributed by atoms with E-state index in [-0.39, 0.29) is 0 Å². The van der Waals surface area contributed by atoms with Gasteiger partial charge in [0.05, 0.1) is 0 Å². The SMILES string of the molecule is CC1C=Cc2nc(C(C)C)oc2C=C1. The first-order chi connectivity index (χ1) is 6.66. The zero-order valence-corrected chi connectivity index (χ0v) is 8.82. The lowest BCUT2D eigenvalue weighted by molar-refractivity contribution is 0.464. The molecule has 0 spiro atoms. The smallest absolute Gasteiger partial charge is 0.198 e. The molecule has 74 valence electrons. The van der Waals surface area contributed by atoms with Crippen LogP contribution in [0.4, 0.5) is 0 Å². The summed E-state index contributed by atoms with van der Waals surface area (Å²) in [5.74, 6) is 2.51. The number of oxazole rings is 1. The molecule has 1 aromatic heterocycles. The standard InChI is InChI=1S/C12H15NO/c1-8(2)12-13-10-6-4-9(3)5-7-11(10)14-12/h4-9H,1-3H3. The van der Waals surface area contributed by atoms with Gasteiger partial charge in [-0.15, -0.1) is 0 Å². The molecule has 1 aliphatic carbocycles. The molecule has 1 aliphatic rings. The maximum absolute atomic E-state index is 5.65. The number of nitrogens with zero attached hydrogens (tertiary/aromatic N) is 1. The van der Waals surface area contributed by atoms with E-state index in [1.807, 2.05) is 12.2 Å². The third-order valence-corrected chi connectivity index (χ3v) is 2.30. The largest absolute Gasteiger partial charge is 0.440 e. The number of rotatable bonds is 1. The van der Waals surface area contributed by atoms with Gasteiger partial charge in [-0.05, 0) is 18.1 Å². The van der Waals surface area contributed by atoms with Gasteiger partial charge in [0.2, 0.25) is 0 Å². The maximum atomic E-state index is 5.65. The summed E-state index contributed by atoms with van der Waals surface area (Å²) in [4.78, 5) is 4.44. The maximum Gasteiger partial charge on any atom is 0.198 e. The van der Waals surface area contributed by atoms with Crippen LogP contribution in [0.15, 0.2) is 16.6 Å². The van der Waals surface area contributed by atoms with Crippen molar-refractivity contribution in [3.05, 3.63) is 29.5 Å². The Kier molecular flexibility index (Phi) is 2.28. The van der Waals surface area contributed by atoms with E-state index < -0.39 is 0 Å². The van der Waals surface area contributed by atoms with Crippen LogP contribution in [0.1, 0.15) is 44.0 Å². The number of fused-ring (bicyclic) bond motifs is 1. The fourth-order valence-electron chi connectivity index (χ4n) is 1.39. The molecule has 0 saturated heterocycles. The van der Waals surface area contributed by atoms with Crippen LogP contribution in [0.3, 0.4) is 0 Å². The minimum Gasteiger partial charge on any atom is -0.440 e. The Labute approximate surface area is 84.3 Å². The van der Waals surface area contributed by atoms with E-state index >= 15 is 0 Å². The summed E-state index contributed by atoms with van der Waals surface area (Å²) in [6.45, 7) is 6.31. The zero-order chi connectivity index (χ0) is 10.1. The molecule has 2 rings (SSSR count). The van der Waals surface area contributed by atoms with Crippen molar-refractivity contribution in [3.8, 4) is 0 Å². The van der Waals surface area contributed by atoms with Crippen LogP contribution < -0.4 is 0 Å². The van der Waals surface area contributed by atoms with Crippen LogP contribution in [0.2, 0.25) is 0 Å². The first-order valence-electron chi connectivity index (χ1n) is 5.04. The second-order valence-corrected chi connectivity index (χ2v) is 4.03. The molecule has 1 atom stereocenters. The molecule has 0 radical (unpaired) electrons. The summed E-state index contributed by atoms with van der Waals surface area (Å²) in [5, 5.41) is 0. The zero-order valence-electron chi connectivity index (χ0n) is 8.82. The molecule has 0 bridgehead atoms. The van der Waals surface area contributed by atoms with Crippen LogP contribution in [0, 0.1) is 5.92 Å². The molecule has 0 aliphatic heterocycles. The van der Waals surface area contributed by atoms with Crippen molar-refractivity contribution >= 4 is 12.2 Å². The third-order valence-electron chi connectivity index (χ3n) is 2.30. The molecule has 0 N–H and O–H groups in total. The molecule has 2 heteroatoms. The number of allylic oxidation sites excluding steroid dienone is 2. The van der Waals surface area contributed by atoms with Crippen LogP contribution in [-0.4, -0.2) is 4.98 Å². The molecule has 0 amide bonds. The molecule has 1 heterocycles. The lowest BCUT2D eigenvalue weighted by atomic mass is 10.2. The van der Waals surface area contributed by atoms with Gasteiger partial charge in [0, 0.05) is 5.92 Å². The summed E-state index contributed by atoms with van der Waals surface area (Å²) in [6.07, 6.45) is 8.31. The van der Waals surface area contributed by atoms with E-state index in [4.69, 9.17) is 4.42 Å². The predicted molar refractivity (Wildman–Crippen MR) is 57.8 cm³/mol. The van der Waals surface area contributed by atoms with Crippen LogP contribution in [-0.2, 0) is 0 Å². The van der Waals surface area contributed by atoms with Crippen molar-refractivity contribution in [3.63, 3.8) is 0 Å². The lowest BCUT2D eigenvalue weighted by Crippen LogP contribution is -1.86. The molecule has 0 saturated carbocycles. The van der Waals surface area contributed by atoms with Gasteiger partial charge in [-0.2, -0.15) is 0 Å². The molecule has 0 aromatic carbocycles. The molecular formula is C12H15NO. The van der Waals surface area contributed by atoms with Gasteiger partial charge in [-0.25, -0.2) is 4.98 Å². The molecule has 1 unspecified atom stereocenters. The van der Waals surface area contributed by atoms with E-state index in [0.29, 0.717) is 11.8 Å². The number of hydrogen-bond donors (Lipinski definition) is 0. The number of hydrogen-bond acceptors (Lipinski definition) is 2. The Morgan fingerprint density at radius 2 is 2.00 bits per heavy atom. The average molecular weight is 189 g/mol. The van der Waals surface area contributed by atoms with Crippen LogP contribution >= 0.6 is 0 Å². The fraction of sp³-hybridized carbons (Fsp3) is 0.417. The summed E-state index contributed by atoms with van der Waals surface area (Å²) in [6, 6.07) is 0. The lowest BCUT2D eigenvalue weighted by Gasteiger charge is -1.95. The molecule has 2 nitrogen and oxygen atoms in total. The first kappa shape index (κ1) is 9.25. The second-order valence-electron chi connectivity index (χ2n) is 4.03. The summed E-state index contributed by atoms with van der Waals surface area (Å²) < 4.78 is 5.65. The molecule has 0 fully saturated rings. The minimum absolute atomic E-state index is 0.348. The topological polar surface area (TPSA) is 26.0 Å². The Morgan fingerprint density at radius 1 is 1.29 bits per heavy atom. The first-order valence-corrected chi connectivity index (χ1v) is 5.04. The third kappa shape index (κ3) is 1.65. The van der Waals surface area contributed by atoms with Crippen molar-refractivity contribution in [1.29, 1.82) is 0 Å². The van der Waals surface area contributed by atoms with Crippen molar-refractivity contribution < 1.29 is 4.42 Å². The highest BCUT2D eigenvalue weighted by Gasteiger charge is 2.13. The van der Waals surface area contributed by atoms with Gasteiger partial charge >= 0.3 is 0 Å².